The first-order valence-corrected chi connectivity index (χ1v) is 8.60. The van der Waals surface area contributed by atoms with Gasteiger partial charge in [0.05, 0.1) is 11.8 Å². The molecule has 1 saturated carbocycles. The van der Waals surface area contributed by atoms with E-state index in [1.807, 2.05) is 25.1 Å². The smallest absolute Gasteiger partial charge is 0.263 e. The number of carbonyl (C=O) groups excluding carboxylic acids is 1. The molecule has 0 unspecified atom stereocenters. The van der Waals surface area contributed by atoms with Gasteiger partial charge >= 0.3 is 0 Å². The zero-order chi connectivity index (χ0) is 15.0. The molecule has 21 heavy (non-hydrogen) atoms. The molecule has 3 rings (SSSR count). The number of thiophene rings is 1. The molecule has 1 aromatic carbocycles. The predicted octanol–water partition coefficient (Wildman–Crippen LogP) is 3.54. The highest BCUT2D eigenvalue weighted by atomic mass is 79.9. The molecule has 0 spiro atoms. The van der Waals surface area contributed by atoms with E-state index >= 15 is 0 Å². The molecule has 1 heterocycles. The second kappa shape index (κ2) is 5.94. The lowest BCUT2D eigenvalue weighted by Crippen LogP contribution is -2.47. The lowest BCUT2D eigenvalue weighted by Gasteiger charge is -2.35. The van der Waals surface area contributed by atoms with Gasteiger partial charge in [0.15, 0.2) is 0 Å². The van der Waals surface area contributed by atoms with Crippen molar-refractivity contribution in [2.75, 3.05) is 12.3 Å². The SMILES string of the molecule is CCOC1CC(NC(=O)c2sc3cccc(Br)c3c2N)C1. The van der Waals surface area contributed by atoms with Crippen LogP contribution in [0.3, 0.4) is 0 Å². The van der Waals surface area contributed by atoms with Crippen molar-refractivity contribution in [2.24, 2.45) is 0 Å². The van der Waals surface area contributed by atoms with Crippen molar-refractivity contribution in [3.8, 4) is 0 Å². The molecule has 1 amide bonds. The van der Waals surface area contributed by atoms with Gasteiger partial charge in [-0.15, -0.1) is 11.3 Å². The topological polar surface area (TPSA) is 64.3 Å². The van der Waals surface area contributed by atoms with Gasteiger partial charge in [0.1, 0.15) is 4.88 Å². The first kappa shape index (κ1) is 14.8. The number of fused-ring (bicyclic) bond motifs is 1. The van der Waals surface area contributed by atoms with Crippen LogP contribution in [0, 0.1) is 0 Å². The molecule has 1 aliphatic carbocycles. The van der Waals surface area contributed by atoms with Crippen LogP contribution in [0.5, 0.6) is 0 Å². The number of nitrogens with two attached hydrogens (primary N) is 1. The first-order chi connectivity index (χ1) is 10.1. The van der Waals surface area contributed by atoms with Crippen LogP contribution in [0.15, 0.2) is 22.7 Å². The number of carbonyl (C=O) groups is 1. The summed E-state index contributed by atoms with van der Waals surface area (Å²) >= 11 is 4.92. The van der Waals surface area contributed by atoms with E-state index in [0.717, 1.165) is 34.0 Å². The molecule has 1 fully saturated rings. The van der Waals surface area contributed by atoms with E-state index in [1.54, 1.807) is 0 Å². The summed E-state index contributed by atoms with van der Waals surface area (Å²) in [6.07, 6.45) is 2.05. The molecule has 0 aliphatic heterocycles. The lowest BCUT2D eigenvalue weighted by molar-refractivity contribution is -0.00858. The number of ether oxygens (including phenoxy) is 1. The summed E-state index contributed by atoms with van der Waals surface area (Å²) in [6.45, 7) is 2.71. The van der Waals surface area contributed by atoms with Gasteiger partial charge in [-0.1, -0.05) is 22.0 Å². The van der Waals surface area contributed by atoms with E-state index in [9.17, 15) is 4.79 Å². The zero-order valence-corrected chi connectivity index (χ0v) is 14.1. The van der Waals surface area contributed by atoms with Gasteiger partial charge in [-0.25, -0.2) is 0 Å². The Morgan fingerprint density at radius 3 is 2.95 bits per heavy atom. The van der Waals surface area contributed by atoms with Gasteiger partial charge in [-0.2, -0.15) is 0 Å². The molecule has 0 atom stereocenters. The summed E-state index contributed by atoms with van der Waals surface area (Å²) in [4.78, 5) is 13.0. The highest BCUT2D eigenvalue weighted by Gasteiger charge is 2.31. The fourth-order valence-corrected chi connectivity index (χ4v) is 4.37. The number of hydrogen-bond acceptors (Lipinski definition) is 4. The Morgan fingerprint density at radius 2 is 2.29 bits per heavy atom. The third kappa shape index (κ3) is 2.80. The van der Waals surface area contributed by atoms with Crippen LogP contribution in [0.4, 0.5) is 5.69 Å². The summed E-state index contributed by atoms with van der Waals surface area (Å²) in [5.74, 6) is -0.0828. The zero-order valence-electron chi connectivity index (χ0n) is 11.7. The quantitative estimate of drug-likeness (QED) is 0.867. The lowest BCUT2D eigenvalue weighted by atomic mass is 9.89. The Labute approximate surface area is 135 Å². The van der Waals surface area contributed by atoms with Crippen molar-refractivity contribution < 1.29 is 9.53 Å². The molecule has 1 aromatic heterocycles. The average Bonchev–Trinajstić information content (AvgIpc) is 2.75. The van der Waals surface area contributed by atoms with Crippen LogP contribution < -0.4 is 11.1 Å². The van der Waals surface area contributed by atoms with Gasteiger partial charge in [0, 0.05) is 27.2 Å². The van der Waals surface area contributed by atoms with E-state index in [2.05, 4.69) is 21.2 Å². The fraction of sp³-hybridized carbons (Fsp3) is 0.400. The third-order valence-electron chi connectivity index (χ3n) is 3.74. The van der Waals surface area contributed by atoms with E-state index in [1.165, 1.54) is 11.3 Å². The van der Waals surface area contributed by atoms with Crippen molar-refractivity contribution in [1.29, 1.82) is 0 Å². The third-order valence-corrected chi connectivity index (χ3v) is 5.57. The average molecular weight is 369 g/mol. The molecule has 4 nitrogen and oxygen atoms in total. The van der Waals surface area contributed by atoms with Gasteiger partial charge < -0.3 is 15.8 Å². The fourth-order valence-electron chi connectivity index (χ4n) is 2.60. The van der Waals surface area contributed by atoms with Crippen molar-refractivity contribution in [2.45, 2.75) is 31.9 Å². The second-order valence-corrected chi connectivity index (χ2v) is 7.08. The highest BCUT2D eigenvalue weighted by molar-refractivity contribution is 9.10. The molecule has 3 N–H and O–H groups in total. The summed E-state index contributed by atoms with van der Waals surface area (Å²) < 4.78 is 7.45. The van der Waals surface area contributed by atoms with Crippen LogP contribution in [-0.2, 0) is 4.74 Å². The number of halogens is 1. The number of benzene rings is 1. The van der Waals surface area contributed by atoms with E-state index in [4.69, 9.17) is 10.5 Å². The minimum absolute atomic E-state index is 0.0828. The van der Waals surface area contributed by atoms with Crippen molar-refractivity contribution in [3.05, 3.63) is 27.5 Å². The number of nitrogens with one attached hydrogen (secondary N) is 1. The molecule has 0 radical (unpaired) electrons. The Balaban J connectivity index is 1.74. The summed E-state index contributed by atoms with van der Waals surface area (Å²) in [7, 11) is 0. The van der Waals surface area contributed by atoms with Crippen molar-refractivity contribution >= 4 is 48.9 Å². The standard InChI is InChI=1S/C15H17BrN2O2S/c1-2-20-9-6-8(7-9)18-15(19)14-13(17)12-10(16)4-3-5-11(12)21-14/h3-5,8-9H,2,6-7,17H2,1H3,(H,18,19). The summed E-state index contributed by atoms with van der Waals surface area (Å²) in [6, 6.07) is 6.06. The van der Waals surface area contributed by atoms with Gasteiger partial charge in [0.2, 0.25) is 0 Å². The molecule has 0 bridgehead atoms. The minimum atomic E-state index is -0.0828. The molecule has 2 aromatic rings. The molecule has 1 aliphatic rings. The monoisotopic (exact) mass is 368 g/mol. The van der Waals surface area contributed by atoms with Crippen molar-refractivity contribution in [1.82, 2.24) is 5.32 Å². The number of nitrogen functional groups attached to an aromatic ring is 1. The molecule has 6 heteroatoms. The molecular formula is C15H17BrN2O2S. The number of rotatable bonds is 4. The maximum atomic E-state index is 12.4. The van der Waals surface area contributed by atoms with Crippen LogP contribution >= 0.6 is 27.3 Å². The van der Waals surface area contributed by atoms with Crippen LogP contribution in [0.1, 0.15) is 29.4 Å². The summed E-state index contributed by atoms with van der Waals surface area (Å²) in [5.41, 5.74) is 6.70. The second-order valence-electron chi connectivity index (χ2n) is 5.18. The van der Waals surface area contributed by atoms with Crippen LogP contribution in [0.2, 0.25) is 0 Å². The van der Waals surface area contributed by atoms with Gasteiger partial charge in [-0.05, 0) is 31.9 Å². The highest BCUT2D eigenvalue weighted by Crippen LogP contribution is 2.38. The molecular weight excluding hydrogens is 352 g/mol. The van der Waals surface area contributed by atoms with E-state index in [0.29, 0.717) is 10.6 Å². The Hall–Kier alpha value is -1.11. The van der Waals surface area contributed by atoms with Crippen LogP contribution in [0.25, 0.3) is 10.1 Å². The maximum absolute atomic E-state index is 12.4. The maximum Gasteiger partial charge on any atom is 0.263 e. The Morgan fingerprint density at radius 1 is 1.52 bits per heavy atom. The number of hydrogen-bond donors (Lipinski definition) is 2. The Bertz CT molecular complexity index is 680. The number of anilines is 1. The van der Waals surface area contributed by atoms with E-state index < -0.39 is 0 Å². The van der Waals surface area contributed by atoms with Gasteiger partial charge in [0.25, 0.3) is 5.91 Å². The summed E-state index contributed by atoms with van der Waals surface area (Å²) in [5, 5.41) is 3.96. The Kier molecular flexibility index (Phi) is 4.19. The number of amides is 1. The first-order valence-electron chi connectivity index (χ1n) is 6.99. The molecule has 112 valence electrons. The van der Waals surface area contributed by atoms with Crippen LogP contribution in [-0.4, -0.2) is 24.7 Å². The van der Waals surface area contributed by atoms with Gasteiger partial charge in [-0.3, -0.25) is 4.79 Å². The predicted molar refractivity (Wildman–Crippen MR) is 89.8 cm³/mol. The normalized spacial score (nSPS) is 21.2. The van der Waals surface area contributed by atoms with E-state index in [-0.39, 0.29) is 18.1 Å². The van der Waals surface area contributed by atoms with Crippen molar-refractivity contribution in [3.63, 3.8) is 0 Å². The molecule has 0 saturated heterocycles. The largest absolute Gasteiger partial charge is 0.397 e. The minimum Gasteiger partial charge on any atom is -0.397 e.